The summed E-state index contributed by atoms with van der Waals surface area (Å²) in [6.45, 7) is 3.67. The Hall–Kier alpha value is -0.980. The van der Waals surface area contributed by atoms with Gasteiger partial charge in [-0.1, -0.05) is 12.8 Å². The van der Waals surface area contributed by atoms with Crippen molar-refractivity contribution in [1.29, 1.82) is 0 Å². The van der Waals surface area contributed by atoms with E-state index >= 15 is 0 Å². The van der Waals surface area contributed by atoms with Crippen LogP contribution in [-0.4, -0.2) is 25.4 Å². The summed E-state index contributed by atoms with van der Waals surface area (Å²) in [4.78, 5) is 0.191. The lowest BCUT2D eigenvalue weighted by Gasteiger charge is -2.27. The number of nitrogens with zero attached hydrogens (tertiary/aromatic N) is 1. The van der Waals surface area contributed by atoms with E-state index in [1.165, 1.54) is 16.4 Å². The molecule has 20 heavy (non-hydrogen) atoms. The zero-order valence-electron chi connectivity index (χ0n) is 11.9. The lowest BCUT2D eigenvalue weighted by atomic mass is 10.1. The maximum atomic E-state index is 13.3. The second-order valence-electron chi connectivity index (χ2n) is 5.40. The van der Waals surface area contributed by atoms with Gasteiger partial charge >= 0.3 is 0 Å². The Morgan fingerprint density at radius 3 is 2.40 bits per heavy atom. The number of sulfonamides is 1. The van der Waals surface area contributed by atoms with Gasteiger partial charge in [-0.2, -0.15) is 4.31 Å². The monoisotopic (exact) mass is 300 g/mol. The Labute approximate surface area is 119 Å². The highest BCUT2D eigenvalue weighted by Crippen LogP contribution is 2.28. The Bertz CT molecular complexity index is 578. The number of benzene rings is 1. The molecule has 1 aromatic carbocycles. The molecule has 4 nitrogen and oxygen atoms in total. The molecule has 1 aliphatic rings. The minimum Gasteiger partial charge on any atom is -0.315 e. The molecule has 0 saturated carbocycles. The van der Waals surface area contributed by atoms with Crippen LogP contribution in [0.1, 0.15) is 36.8 Å². The van der Waals surface area contributed by atoms with Gasteiger partial charge in [0.15, 0.2) is 0 Å². The van der Waals surface area contributed by atoms with Gasteiger partial charge in [-0.3, -0.25) is 0 Å². The van der Waals surface area contributed by atoms with Crippen molar-refractivity contribution in [1.82, 2.24) is 4.31 Å². The van der Waals surface area contributed by atoms with Crippen molar-refractivity contribution in [3.05, 3.63) is 29.1 Å². The van der Waals surface area contributed by atoms with Crippen molar-refractivity contribution in [2.75, 3.05) is 6.54 Å². The van der Waals surface area contributed by atoms with E-state index < -0.39 is 22.0 Å². The molecule has 0 amide bonds. The molecule has 1 saturated heterocycles. The average molecular weight is 300 g/mol. The third kappa shape index (κ3) is 2.87. The van der Waals surface area contributed by atoms with Crippen LogP contribution in [0.4, 0.5) is 4.39 Å². The largest absolute Gasteiger partial charge is 0.315 e. The van der Waals surface area contributed by atoms with E-state index in [9.17, 15) is 12.8 Å². The summed E-state index contributed by atoms with van der Waals surface area (Å²) in [5.41, 5.74) is 6.86. The number of nitrogens with two attached hydrogens (primary N) is 1. The first-order valence-corrected chi connectivity index (χ1v) is 8.32. The number of aryl methyl sites for hydroxylation is 2. The molecule has 1 atom stereocenters. The summed E-state index contributed by atoms with van der Waals surface area (Å²) >= 11 is 0. The van der Waals surface area contributed by atoms with E-state index in [4.69, 9.17) is 5.73 Å². The van der Waals surface area contributed by atoms with Gasteiger partial charge in [0.2, 0.25) is 10.0 Å². The molecule has 112 valence electrons. The van der Waals surface area contributed by atoms with Crippen molar-refractivity contribution >= 4 is 10.0 Å². The standard InChI is InChI=1S/C14H21FN2O2S/c1-10-8-12(15)9-11(2)14(10)20(18,19)17-7-5-3-4-6-13(17)16/h8-9,13H,3-7,16H2,1-2H3. The van der Waals surface area contributed by atoms with Gasteiger partial charge in [-0.15, -0.1) is 0 Å². The molecule has 1 aliphatic heterocycles. The van der Waals surface area contributed by atoms with E-state index in [1.807, 2.05) is 0 Å². The molecule has 6 heteroatoms. The SMILES string of the molecule is Cc1cc(F)cc(C)c1S(=O)(=O)N1CCCCCC1N. The average Bonchev–Trinajstić information content (AvgIpc) is 2.52. The lowest BCUT2D eigenvalue weighted by Crippen LogP contribution is -2.45. The van der Waals surface area contributed by atoms with Crippen LogP contribution in [0.3, 0.4) is 0 Å². The van der Waals surface area contributed by atoms with Crippen LogP contribution in [0, 0.1) is 19.7 Å². The number of halogens is 1. The van der Waals surface area contributed by atoms with Gasteiger partial charge in [0, 0.05) is 6.54 Å². The first kappa shape index (κ1) is 15.4. The van der Waals surface area contributed by atoms with Crippen LogP contribution in [0.15, 0.2) is 17.0 Å². The predicted molar refractivity (Wildman–Crippen MR) is 76.2 cm³/mol. The summed E-state index contributed by atoms with van der Waals surface area (Å²) in [7, 11) is -3.67. The van der Waals surface area contributed by atoms with Crippen molar-refractivity contribution in [3.8, 4) is 0 Å². The molecule has 0 aromatic heterocycles. The van der Waals surface area contributed by atoms with Crippen LogP contribution in [0.25, 0.3) is 0 Å². The Balaban J connectivity index is 2.49. The second-order valence-corrected chi connectivity index (χ2v) is 7.23. The van der Waals surface area contributed by atoms with Crippen LogP contribution in [0.2, 0.25) is 0 Å². The fourth-order valence-electron chi connectivity index (χ4n) is 2.83. The zero-order valence-corrected chi connectivity index (χ0v) is 12.7. The van der Waals surface area contributed by atoms with Gasteiger partial charge in [-0.25, -0.2) is 12.8 Å². The smallest absolute Gasteiger partial charge is 0.244 e. The first-order valence-electron chi connectivity index (χ1n) is 6.88. The highest BCUT2D eigenvalue weighted by Gasteiger charge is 2.32. The van der Waals surface area contributed by atoms with Crippen LogP contribution < -0.4 is 5.73 Å². The Kier molecular flexibility index (Phi) is 4.46. The van der Waals surface area contributed by atoms with E-state index in [2.05, 4.69) is 0 Å². The molecule has 0 spiro atoms. The Morgan fingerprint density at radius 1 is 1.20 bits per heavy atom. The topological polar surface area (TPSA) is 63.4 Å². The van der Waals surface area contributed by atoms with Gasteiger partial charge < -0.3 is 5.73 Å². The van der Waals surface area contributed by atoms with Crippen LogP contribution in [0.5, 0.6) is 0 Å². The summed E-state index contributed by atoms with van der Waals surface area (Å²) in [5.74, 6) is -0.417. The summed E-state index contributed by atoms with van der Waals surface area (Å²) < 4.78 is 40.4. The van der Waals surface area contributed by atoms with Crippen LogP contribution in [-0.2, 0) is 10.0 Å². The molecule has 1 unspecified atom stereocenters. The minimum atomic E-state index is -3.67. The maximum Gasteiger partial charge on any atom is 0.244 e. The van der Waals surface area contributed by atoms with E-state index in [-0.39, 0.29) is 4.90 Å². The van der Waals surface area contributed by atoms with Gasteiger partial charge in [0.05, 0.1) is 11.1 Å². The number of hydrogen-bond acceptors (Lipinski definition) is 3. The predicted octanol–water partition coefficient (Wildman–Crippen LogP) is 2.29. The molecule has 1 aromatic rings. The minimum absolute atomic E-state index is 0.191. The summed E-state index contributed by atoms with van der Waals surface area (Å²) in [6.07, 6.45) is 2.91. The van der Waals surface area contributed by atoms with E-state index in [0.717, 1.165) is 19.3 Å². The molecule has 2 N–H and O–H groups in total. The quantitative estimate of drug-likeness (QED) is 0.911. The van der Waals surface area contributed by atoms with Crippen molar-refractivity contribution in [2.45, 2.75) is 50.6 Å². The number of rotatable bonds is 2. The van der Waals surface area contributed by atoms with Crippen molar-refractivity contribution in [2.24, 2.45) is 5.73 Å². The highest BCUT2D eigenvalue weighted by molar-refractivity contribution is 7.89. The van der Waals surface area contributed by atoms with E-state index in [0.29, 0.717) is 24.1 Å². The molecule has 0 aliphatic carbocycles. The molecule has 1 fully saturated rings. The zero-order chi connectivity index (χ0) is 14.9. The van der Waals surface area contributed by atoms with Gasteiger partial charge in [0.1, 0.15) is 5.82 Å². The summed E-state index contributed by atoms with van der Waals surface area (Å²) in [6, 6.07) is 2.51. The van der Waals surface area contributed by atoms with Gasteiger partial charge in [-0.05, 0) is 49.9 Å². The second kappa shape index (κ2) is 5.79. The van der Waals surface area contributed by atoms with Crippen molar-refractivity contribution < 1.29 is 12.8 Å². The molecular weight excluding hydrogens is 279 g/mol. The highest BCUT2D eigenvalue weighted by atomic mass is 32.2. The lowest BCUT2D eigenvalue weighted by molar-refractivity contribution is 0.329. The maximum absolute atomic E-state index is 13.3. The van der Waals surface area contributed by atoms with E-state index in [1.54, 1.807) is 13.8 Å². The molecular formula is C14H21FN2O2S. The number of hydrogen-bond donors (Lipinski definition) is 1. The van der Waals surface area contributed by atoms with Crippen molar-refractivity contribution in [3.63, 3.8) is 0 Å². The fraction of sp³-hybridized carbons (Fsp3) is 0.571. The van der Waals surface area contributed by atoms with Gasteiger partial charge in [0.25, 0.3) is 0 Å². The molecule has 2 rings (SSSR count). The molecule has 0 radical (unpaired) electrons. The van der Waals surface area contributed by atoms with Crippen LogP contribution >= 0.6 is 0 Å². The third-order valence-electron chi connectivity index (χ3n) is 3.74. The molecule has 1 heterocycles. The fourth-order valence-corrected chi connectivity index (χ4v) is 4.83. The normalized spacial score (nSPS) is 21.7. The summed E-state index contributed by atoms with van der Waals surface area (Å²) in [5, 5.41) is 0. The first-order chi connectivity index (χ1) is 9.34. The third-order valence-corrected chi connectivity index (χ3v) is 5.97. The molecule has 0 bridgehead atoms. The Morgan fingerprint density at radius 2 is 1.80 bits per heavy atom.